The molecule has 11 heteroatoms. The molecule has 10 nitrogen and oxygen atoms in total. The van der Waals surface area contributed by atoms with Gasteiger partial charge in [-0.3, -0.25) is 9.69 Å². The molecule has 1 aliphatic carbocycles. The summed E-state index contributed by atoms with van der Waals surface area (Å²) in [5.74, 6) is 0.876. The molecule has 6 rings (SSSR count). The van der Waals surface area contributed by atoms with E-state index < -0.39 is 0 Å². The largest absolute Gasteiger partial charge is 0.495 e. The minimum Gasteiger partial charge on any atom is -0.495 e. The maximum absolute atomic E-state index is 12.6. The monoisotopic (exact) mass is 560 g/mol. The van der Waals surface area contributed by atoms with Gasteiger partial charge in [-0.05, 0) is 56.3 Å². The van der Waals surface area contributed by atoms with Crippen molar-refractivity contribution in [2.75, 3.05) is 51.4 Å². The standard InChI is InChI=1S/C29H36N8O2S/c1-35-11-13-36(14-12-35)20-6-8-21(9-7-20)37-29-26(28(30)31-18-32-29)27(34-37)19-5-10-23(24(16-19)39-2)33-25(38)17-22-4-3-15-40-22/h3-5,10,15-16,18,20-21H,6-9,11-14,17H2,1-2H3,(H,33,38)(H2,30,31,32). The van der Waals surface area contributed by atoms with Crippen LogP contribution in [0.3, 0.4) is 0 Å². The van der Waals surface area contributed by atoms with Crippen LogP contribution in [0.1, 0.15) is 36.6 Å². The summed E-state index contributed by atoms with van der Waals surface area (Å²) >= 11 is 1.56. The van der Waals surface area contributed by atoms with Crippen LogP contribution in [-0.2, 0) is 11.2 Å². The predicted octanol–water partition coefficient (Wildman–Crippen LogP) is 4.06. The van der Waals surface area contributed by atoms with Crippen LogP contribution in [0, 0.1) is 0 Å². The number of ether oxygens (including phenoxy) is 1. The number of hydrogen-bond acceptors (Lipinski definition) is 9. The molecule has 1 amide bonds. The molecule has 3 aromatic heterocycles. The molecule has 210 valence electrons. The Morgan fingerprint density at radius 1 is 1.10 bits per heavy atom. The third-order valence-corrected chi connectivity index (χ3v) is 9.12. The quantitative estimate of drug-likeness (QED) is 0.348. The summed E-state index contributed by atoms with van der Waals surface area (Å²) in [6, 6.07) is 10.5. The Labute approximate surface area is 238 Å². The van der Waals surface area contributed by atoms with Gasteiger partial charge in [-0.1, -0.05) is 12.1 Å². The number of rotatable bonds is 7. The van der Waals surface area contributed by atoms with Crippen molar-refractivity contribution in [1.82, 2.24) is 29.5 Å². The summed E-state index contributed by atoms with van der Waals surface area (Å²) < 4.78 is 7.73. The summed E-state index contributed by atoms with van der Waals surface area (Å²) in [5, 5.41) is 10.8. The number of amides is 1. The van der Waals surface area contributed by atoms with E-state index in [4.69, 9.17) is 15.6 Å². The molecule has 2 aliphatic rings. The van der Waals surface area contributed by atoms with Gasteiger partial charge in [0.2, 0.25) is 5.91 Å². The van der Waals surface area contributed by atoms with Crippen molar-refractivity contribution in [3.8, 4) is 17.0 Å². The Balaban J connectivity index is 1.24. The minimum atomic E-state index is -0.0898. The fourth-order valence-electron chi connectivity index (χ4n) is 6.01. The number of nitrogens with one attached hydrogen (secondary N) is 1. The molecule has 2 fully saturated rings. The average molecular weight is 561 g/mol. The molecule has 0 atom stereocenters. The molecule has 1 saturated carbocycles. The number of piperazine rings is 1. The summed E-state index contributed by atoms with van der Waals surface area (Å²) in [5.41, 5.74) is 9.34. The highest BCUT2D eigenvalue weighted by Gasteiger charge is 2.30. The molecule has 3 N–H and O–H groups in total. The summed E-state index contributed by atoms with van der Waals surface area (Å²) in [7, 11) is 3.80. The average Bonchev–Trinajstić information content (AvgIpc) is 3.62. The van der Waals surface area contributed by atoms with Gasteiger partial charge in [0.05, 0.1) is 30.6 Å². The molecule has 0 spiro atoms. The van der Waals surface area contributed by atoms with Gasteiger partial charge in [-0.15, -0.1) is 11.3 Å². The van der Waals surface area contributed by atoms with Gasteiger partial charge in [0.25, 0.3) is 0 Å². The van der Waals surface area contributed by atoms with Crippen LogP contribution in [0.5, 0.6) is 5.75 Å². The van der Waals surface area contributed by atoms with Crippen molar-refractivity contribution in [2.24, 2.45) is 0 Å². The first-order valence-electron chi connectivity index (χ1n) is 13.9. The van der Waals surface area contributed by atoms with Gasteiger partial charge in [0, 0.05) is 42.7 Å². The number of benzene rings is 1. The third kappa shape index (κ3) is 5.41. The molecule has 1 aliphatic heterocycles. The van der Waals surface area contributed by atoms with Crippen LogP contribution in [-0.4, -0.2) is 81.8 Å². The number of nitrogen functional groups attached to an aromatic ring is 1. The first-order chi connectivity index (χ1) is 19.5. The lowest BCUT2D eigenvalue weighted by atomic mass is 9.90. The summed E-state index contributed by atoms with van der Waals surface area (Å²) in [6.07, 6.45) is 6.24. The predicted molar refractivity (Wildman–Crippen MR) is 159 cm³/mol. The van der Waals surface area contributed by atoms with Crippen LogP contribution < -0.4 is 15.8 Å². The van der Waals surface area contributed by atoms with E-state index in [9.17, 15) is 4.79 Å². The Kier molecular flexibility index (Phi) is 7.68. The number of thiophene rings is 1. The Morgan fingerprint density at radius 3 is 2.60 bits per heavy atom. The Bertz CT molecular complexity index is 1470. The topological polar surface area (TPSA) is 114 Å². The number of carbonyl (C=O) groups is 1. The van der Waals surface area contributed by atoms with E-state index in [1.54, 1.807) is 18.4 Å². The third-order valence-electron chi connectivity index (χ3n) is 8.25. The lowest BCUT2D eigenvalue weighted by Gasteiger charge is -2.41. The number of nitrogens with two attached hydrogens (primary N) is 1. The van der Waals surface area contributed by atoms with Crippen LogP contribution in [0.4, 0.5) is 11.5 Å². The molecule has 1 aromatic carbocycles. The maximum atomic E-state index is 12.6. The maximum Gasteiger partial charge on any atom is 0.229 e. The number of fused-ring (bicyclic) bond motifs is 1. The fraction of sp³-hybridized carbons (Fsp3) is 0.448. The molecule has 0 unspecified atom stereocenters. The second-order valence-electron chi connectivity index (χ2n) is 10.8. The summed E-state index contributed by atoms with van der Waals surface area (Å²) in [6.45, 7) is 4.58. The van der Waals surface area contributed by atoms with E-state index in [1.807, 2.05) is 35.7 Å². The number of nitrogens with zero attached hydrogens (tertiary/aromatic N) is 6. The van der Waals surface area contributed by atoms with Gasteiger partial charge >= 0.3 is 0 Å². The Hall–Kier alpha value is -3.54. The molecular weight excluding hydrogens is 524 g/mol. The second-order valence-corrected chi connectivity index (χ2v) is 11.8. The number of aromatic nitrogens is 4. The van der Waals surface area contributed by atoms with Gasteiger partial charge in [-0.2, -0.15) is 5.10 Å². The minimum absolute atomic E-state index is 0.0898. The van der Waals surface area contributed by atoms with E-state index in [-0.39, 0.29) is 11.9 Å². The van der Waals surface area contributed by atoms with Crippen molar-refractivity contribution >= 4 is 39.8 Å². The summed E-state index contributed by atoms with van der Waals surface area (Å²) in [4.78, 5) is 27.6. The number of likely N-dealkylation sites (N-methyl/N-ethyl adjacent to an activating group) is 1. The number of anilines is 2. The smallest absolute Gasteiger partial charge is 0.229 e. The second kappa shape index (κ2) is 11.5. The zero-order valence-electron chi connectivity index (χ0n) is 23.0. The highest BCUT2D eigenvalue weighted by atomic mass is 32.1. The zero-order chi connectivity index (χ0) is 27.6. The van der Waals surface area contributed by atoms with Crippen LogP contribution in [0.2, 0.25) is 0 Å². The molecule has 4 aromatic rings. The molecule has 1 saturated heterocycles. The van der Waals surface area contributed by atoms with Gasteiger partial charge < -0.3 is 20.7 Å². The van der Waals surface area contributed by atoms with Crippen LogP contribution in [0.15, 0.2) is 42.0 Å². The lowest BCUT2D eigenvalue weighted by Crippen LogP contribution is -2.49. The van der Waals surface area contributed by atoms with E-state index in [0.717, 1.165) is 79.0 Å². The first-order valence-corrected chi connectivity index (χ1v) is 14.8. The highest BCUT2D eigenvalue weighted by molar-refractivity contribution is 7.10. The fourth-order valence-corrected chi connectivity index (χ4v) is 6.72. The van der Waals surface area contributed by atoms with Gasteiger partial charge in [-0.25, -0.2) is 14.6 Å². The normalized spacial score (nSPS) is 20.6. The first kappa shape index (κ1) is 26.7. The van der Waals surface area contributed by atoms with Crippen molar-refractivity contribution < 1.29 is 9.53 Å². The zero-order valence-corrected chi connectivity index (χ0v) is 23.9. The molecule has 40 heavy (non-hydrogen) atoms. The number of carbonyl (C=O) groups excluding carboxylic acids is 1. The lowest BCUT2D eigenvalue weighted by molar-refractivity contribution is -0.115. The molecular formula is C29H36N8O2S. The van der Waals surface area contributed by atoms with E-state index in [0.29, 0.717) is 29.7 Å². The molecule has 0 radical (unpaired) electrons. The molecule has 0 bridgehead atoms. The molecule has 4 heterocycles. The Morgan fingerprint density at radius 2 is 1.88 bits per heavy atom. The van der Waals surface area contributed by atoms with Crippen molar-refractivity contribution in [1.29, 1.82) is 0 Å². The van der Waals surface area contributed by atoms with E-state index in [2.05, 4.69) is 36.8 Å². The van der Waals surface area contributed by atoms with Crippen molar-refractivity contribution in [3.05, 3.63) is 46.9 Å². The van der Waals surface area contributed by atoms with Gasteiger partial charge in [0.1, 0.15) is 23.6 Å². The highest BCUT2D eigenvalue weighted by Crippen LogP contribution is 2.39. The number of hydrogen-bond donors (Lipinski definition) is 2. The van der Waals surface area contributed by atoms with Crippen molar-refractivity contribution in [2.45, 2.75) is 44.2 Å². The van der Waals surface area contributed by atoms with E-state index in [1.165, 1.54) is 6.33 Å². The van der Waals surface area contributed by atoms with Gasteiger partial charge in [0.15, 0.2) is 5.65 Å². The number of methoxy groups -OCH3 is 1. The van der Waals surface area contributed by atoms with Crippen molar-refractivity contribution in [3.63, 3.8) is 0 Å². The van der Waals surface area contributed by atoms with E-state index >= 15 is 0 Å². The van der Waals surface area contributed by atoms with Crippen LogP contribution >= 0.6 is 11.3 Å². The SMILES string of the molecule is COc1cc(-c2nn(C3CCC(N4CCN(C)CC4)CC3)c3ncnc(N)c23)ccc1NC(=O)Cc1cccs1. The van der Waals surface area contributed by atoms with Crippen LogP contribution in [0.25, 0.3) is 22.3 Å².